The van der Waals surface area contributed by atoms with E-state index in [9.17, 15) is 5.11 Å². The minimum absolute atomic E-state index is 0.0370. The molecule has 94 valence electrons. The standard InChI is InChI=1S/C14H12Br2O2/c15-12-5-6-14(11(7-12)8-17)18-9-10-3-1-2-4-13(10)16/h1-7,17H,8-9H2. The molecule has 0 heterocycles. The maximum Gasteiger partial charge on any atom is 0.125 e. The molecule has 0 unspecified atom stereocenters. The number of hydrogen-bond acceptors (Lipinski definition) is 2. The van der Waals surface area contributed by atoms with E-state index in [1.165, 1.54) is 0 Å². The first-order chi connectivity index (χ1) is 8.70. The Bertz CT molecular complexity index is 541. The Hall–Kier alpha value is -0.840. The van der Waals surface area contributed by atoms with Crippen LogP contribution in [-0.2, 0) is 13.2 Å². The van der Waals surface area contributed by atoms with E-state index in [4.69, 9.17) is 4.74 Å². The highest BCUT2D eigenvalue weighted by Crippen LogP contribution is 2.25. The molecule has 0 radical (unpaired) electrons. The molecule has 18 heavy (non-hydrogen) atoms. The zero-order valence-corrected chi connectivity index (χ0v) is 12.7. The molecule has 0 fully saturated rings. The molecule has 0 saturated carbocycles. The van der Waals surface area contributed by atoms with Gasteiger partial charge in [-0.1, -0.05) is 50.1 Å². The average molecular weight is 372 g/mol. The van der Waals surface area contributed by atoms with Crippen molar-refractivity contribution in [3.05, 3.63) is 62.5 Å². The van der Waals surface area contributed by atoms with Gasteiger partial charge in [-0.15, -0.1) is 0 Å². The third-order valence-electron chi connectivity index (χ3n) is 2.53. The molecule has 2 aromatic rings. The molecule has 4 heteroatoms. The lowest BCUT2D eigenvalue weighted by Crippen LogP contribution is -1.99. The van der Waals surface area contributed by atoms with Crippen molar-refractivity contribution in [1.82, 2.24) is 0 Å². The second kappa shape index (κ2) is 6.36. The summed E-state index contributed by atoms with van der Waals surface area (Å²) >= 11 is 6.85. The van der Waals surface area contributed by atoms with Gasteiger partial charge in [0.05, 0.1) is 6.61 Å². The maximum atomic E-state index is 9.28. The van der Waals surface area contributed by atoms with Crippen molar-refractivity contribution < 1.29 is 9.84 Å². The van der Waals surface area contributed by atoms with E-state index in [0.29, 0.717) is 12.4 Å². The van der Waals surface area contributed by atoms with E-state index in [-0.39, 0.29) is 6.61 Å². The Labute approximate surface area is 123 Å². The number of benzene rings is 2. The Balaban J connectivity index is 2.13. The minimum atomic E-state index is -0.0370. The summed E-state index contributed by atoms with van der Waals surface area (Å²) in [5.74, 6) is 0.705. The topological polar surface area (TPSA) is 29.5 Å². The van der Waals surface area contributed by atoms with E-state index in [1.54, 1.807) is 0 Å². The summed E-state index contributed by atoms with van der Waals surface area (Å²) in [5, 5.41) is 9.28. The van der Waals surface area contributed by atoms with Crippen LogP contribution >= 0.6 is 31.9 Å². The molecule has 2 rings (SSSR count). The molecule has 2 nitrogen and oxygen atoms in total. The number of rotatable bonds is 4. The van der Waals surface area contributed by atoms with Crippen LogP contribution in [-0.4, -0.2) is 5.11 Å². The van der Waals surface area contributed by atoms with Crippen molar-refractivity contribution in [2.24, 2.45) is 0 Å². The number of hydrogen-bond donors (Lipinski definition) is 1. The zero-order valence-electron chi connectivity index (χ0n) is 9.57. The van der Waals surface area contributed by atoms with Gasteiger partial charge >= 0.3 is 0 Å². The van der Waals surface area contributed by atoms with Gasteiger partial charge in [0, 0.05) is 20.1 Å². The van der Waals surface area contributed by atoms with E-state index in [0.717, 1.165) is 20.1 Å². The van der Waals surface area contributed by atoms with Crippen LogP contribution < -0.4 is 4.74 Å². The summed E-state index contributed by atoms with van der Waals surface area (Å²) in [7, 11) is 0. The molecule has 2 aromatic carbocycles. The fraction of sp³-hybridized carbons (Fsp3) is 0.143. The third kappa shape index (κ3) is 3.34. The van der Waals surface area contributed by atoms with Gasteiger partial charge in [-0.2, -0.15) is 0 Å². The first-order valence-corrected chi connectivity index (χ1v) is 7.05. The lowest BCUT2D eigenvalue weighted by molar-refractivity contribution is 0.258. The Kier molecular flexibility index (Phi) is 4.80. The van der Waals surface area contributed by atoms with Gasteiger partial charge < -0.3 is 9.84 Å². The summed E-state index contributed by atoms with van der Waals surface area (Å²) < 4.78 is 7.69. The lowest BCUT2D eigenvalue weighted by atomic mass is 10.2. The van der Waals surface area contributed by atoms with E-state index < -0.39 is 0 Å². The minimum Gasteiger partial charge on any atom is -0.488 e. The van der Waals surface area contributed by atoms with Gasteiger partial charge in [0.15, 0.2) is 0 Å². The van der Waals surface area contributed by atoms with E-state index >= 15 is 0 Å². The predicted molar refractivity (Wildman–Crippen MR) is 78.5 cm³/mol. The van der Waals surface area contributed by atoms with Crippen molar-refractivity contribution in [3.8, 4) is 5.75 Å². The van der Waals surface area contributed by atoms with Crippen LogP contribution in [0.15, 0.2) is 51.4 Å². The third-order valence-corrected chi connectivity index (χ3v) is 3.80. The van der Waals surface area contributed by atoms with Crippen molar-refractivity contribution >= 4 is 31.9 Å². The van der Waals surface area contributed by atoms with Gasteiger partial charge in [-0.25, -0.2) is 0 Å². The summed E-state index contributed by atoms with van der Waals surface area (Å²) in [6.07, 6.45) is 0. The average Bonchev–Trinajstić information content (AvgIpc) is 2.39. The van der Waals surface area contributed by atoms with Gasteiger partial charge in [-0.05, 0) is 24.3 Å². The Morgan fingerprint density at radius 1 is 1.00 bits per heavy atom. The van der Waals surface area contributed by atoms with Crippen LogP contribution in [0.25, 0.3) is 0 Å². The van der Waals surface area contributed by atoms with Gasteiger partial charge in [0.25, 0.3) is 0 Å². The molecule has 0 aliphatic heterocycles. The van der Waals surface area contributed by atoms with Gasteiger partial charge in [0.2, 0.25) is 0 Å². The molecule has 0 bridgehead atoms. The highest BCUT2D eigenvalue weighted by atomic mass is 79.9. The molecule has 0 aromatic heterocycles. The van der Waals surface area contributed by atoms with Crippen LogP contribution in [0.4, 0.5) is 0 Å². The summed E-state index contributed by atoms with van der Waals surface area (Å²) in [6.45, 7) is 0.431. The fourth-order valence-electron chi connectivity index (χ4n) is 1.58. The smallest absolute Gasteiger partial charge is 0.125 e. The van der Waals surface area contributed by atoms with Gasteiger partial charge in [-0.3, -0.25) is 0 Å². The molecule has 0 atom stereocenters. The number of ether oxygens (including phenoxy) is 1. The second-order valence-electron chi connectivity index (χ2n) is 3.79. The molecule has 0 amide bonds. The normalized spacial score (nSPS) is 10.4. The molecule has 0 saturated heterocycles. The summed E-state index contributed by atoms with van der Waals surface area (Å²) in [4.78, 5) is 0. The second-order valence-corrected chi connectivity index (χ2v) is 5.56. The highest BCUT2D eigenvalue weighted by Gasteiger charge is 2.05. The molecule has 1 N–H and O–H groups in total. The van der Waals surface area contributed by atoms with Crippen LogP contribution in [0.3, 0.4) is 0 Å². The van der Waals surface area contributed by atoms with Crippen LogP contribution in [0.5, 0.6) is 5.75 Å². The highest BCUT2D eigenvalue weighted by molar-refractivity contribution is 9.10. The number of aliphatic hydroxyl groups is 1. The molecule has 0 aliphatic rings. The largest absolute Gasteiger partial charge is 0.488 e. The van der Waals surface area contributed by atoms with Crippen LogP contribution in [0.2, 0.25) is 0 Å². The Morgan fingerprint density at radius 2 is 1.78 bits per heavy atom. The summed E-state index contributed by atoms with van der Waals surface area (Å²) in [6, 6.07) is 13.5. The van der Waals surface area contributed by atoms with Crippen LogP contribution in [0.1, 0.15) is 11.1 Å². The number of aliphatic hydroxyl groups excluding tert-OH is 1. The van der Waals surface area contributed by atoms with Crippen molar-refractivity contribution in [3.63, 3.8) is 0 Å². The lowest BCUT2D eigenvalue weighted by Gasteiger charge is -2.11. The van der Waals surface area contributed by atoms with Crippen molar-refractivity contribution in [2.45, 2.75) is 13.2 Å². The first kappa shape index (κ1) is 13.6. The number of halogens is 2. The maximum absolute atomic E-state index is 9.28. The SMILES string of the molecule is OCc1cc(Br)ccc1OCc1ccccc1Br. The molecule has 0 spiro atoms. The molecular weight excluding hydrogens is 360 g/mol. The van der Waals surface area contributed by atoms with Crippen LogP contribution in [0, 0.1) is 0 Å². The van der Waals surface area contributed by atoms with E-state index in [2.05, 4.69) is 31.9 Å². The summed E-state index contributed by atoms with van der Waals surface area (Å²) in [5.41, 5.74) is 1.85. The predicted octanol–water partition coefficient (Wildman–Crippen LogP) is 4.28. The Morgan fingerprint density at radius 3 is 2.50 bits per heavy atom. The quantitative estimate of drug-likeness (QED) is 0.868. The fourth-order valence-corrected chi connectivity index (χ4v) is 2.39. The van der Waals surface area contributed by atoms with Crippen molar-refractivity contribution in [1.29, 1.82) is 0 Å². The first-order valence-electron chi connectivity index (χ1n) is 5.46. The molecular formula is C14H12Br2O2. The van der Waals surface area contributed by atoms with Crippen molar-refractivity contribution in [2.75, 3.05) is 0 Å². The molecule has 0 aliphatic carbocycles. The zero-order chi connectivity index (χ0) is 13.0. The van der Waals surface area contributed by atoms with Gasteiger partial charge in [0.1, 0.15) is 12.4 Å². The monoisotopic (exact) mass is 370 g/mol. The van der Waals surface area contributed by atoms with E-state index in [1.807, 2.05) is 42.5 Å².